The van der Waals surface area contributed by atoms with Gasteiger partial charge in [0.2, 0.25) is 5.75 Å². The fraction of sp³-hybridized carbons (Fsp3) is 0.429. The number of carbonyl (C=O) groups excluding carboxylic acids is 3. The molecule has 228 valence electrons. The van der Waals surface area contributed by atoms with E-state index in [0.29, 0.717) is 36.9 Å². The van der Waals surface area contributed by atoms with Crippen molar-refractivity contribution in [2.24, 2.45) is 5.92 Å². The van der Waals surface area contributed by atoms with Crippen LogP contribution in [0.2, 0.25) is 0 Å². The Kier molecular flexibility index (Phi) is 7.60. The zero-order valence-electron chi connectivity index (χ0n) is 23.5. The molecule has 2 aromatic heterocycles. The van der Waals surface area contributed by atoms with Gasteiger partial charge >= 0.3 is 24.0 Å². The Morgan fingerprint density at radius 3 is 2.35 bits per heavy atom. The first-order valence-corrected chi connectivity index (χ1v) is 13.4. The van der Waals surface area contributed by atoms with Gasteiger partial charge in [-0.25, -0.2) is 19.2 Å². The van der Waals surface area contributed by atoms with Crippen LogP contribution in [-0.2, 0) is 32.9 Å². The maximum Gasteiger partial charge on any atom is 0.491 e. The number of alkyl halides is 3. The summed E-state index contributed by atoms with van der Waals surface area (Å²) in [4.78, 5) is 65.7. The molecule has 1 aromatic carbocycles. The van der Waals surface area contributed by atoms with Crippen molar-refractivity contribution in [3.63, 3.8) is 0 Å². The zero-order chi connectivity index (χ0) is 31.3. The van der Waals surface area contributed by atoms with Gasteiger partial charge in [0.1, 0.15) is 17.2 Å². The smallest absolute Gasteiger partial charge is 0.411 e. The van der Waals surface area contributed by atoms with Gasteiger partial charge in [-0.2, -0.15) is 13.2 Å². The number of halogens is 4. The number of amides is 2. The Morgan fingerprint density at radius 1 is 1.09 bits per heavy atom. The minimum atomic E-state index is -5.41. The minimum Gasteiger partial charge on any atom is -0.411 e. The van der Waals surface area contributed by atoms with Crippen molar-refractivity contribution < 1.29 is 36.7 Å². The highest BCUT2D eigenvalue weighted by atomic mass is 19.4. The van der Waals surface area contributed by atoms with E-state index < -0.39 is 52.3 Å². The number of imidazole rings is 1. The van der Waals surface area contributed by atoms with Crippen LogP contribution in [0.5, 0.6) is 5.75 Å². The summed E-state index contributed by atoms with van der Waals surface area (Å²) in [6.07, 6.45) is -2.05. The van der Waals surface area contributed by atoms with Gasteiger partial charge in [-0.3, -0.25) is 19.0 Å². The normalized spacial score (nSPS) is 19.4. The van der Waals surface area contributed by atoms with Gasteiger partial charge in [0.15, 0.2) is 11.5 Å². The molecule has 0 atom stereocenters. The molecule has 11 nitrogen and oxygen atoms in total. The number of fused-ring (bicyclic) bond motifs is 2. The first-order chi connectivity index (χ1) is 20.2. The van der Waals surface area contributed by atoms with E-state index in [4.69, 9.17) is 0 Å². The molecule has 3 aromatic rings. The van der Waals surface area contributed by atoms with Crippen molar-refractivity contribution in [1.29, 1.82) is 0 Å². The standard InChI is InChI=1S/C28H28F4N6O5/c1-36(2)23(40)24(41)37(3)27-10-8-16(9-11-27)14-38-22(39)20(43-26(42)28(30,31)32)19(35-25(27)38)21-33-13-18(34-21)12-15-4-6-17(29)7-5-15/h4-7,13,16H,8-12,14H2,1-3H3,(H,33,34). The highest BCUT2D eigenvalue weighted by Crippen LogP contribution is 2.47. The van der Waals surface area contributed by atoms with E-state index in [-0.39, 0.29) is 30.5 Å². The van der Waals surface area contributed by atoms with Crippen LogP contribution in [0.4, 0.5) is 17.6 Å². The number of ether oxygens (including phenoxy) is 1. The number of H-pyrrole nitrogens is 1. The van der Waals surface area contributed by atoms with Crippen LogP contribution in [0.15, 0.2) is 35.3 Å². The number of benzene rings is 1. The van der Waals surface area contributed by atoms with E-state index in [0.717, 1.165) is 9.47 Å². The average molecular weight is 605 g/mol. The third kappa shape index (κ3) is 5.50. The van der Waals surface area contributed by atoms with Crippen molar-refractivity contribution in [1.82, 2.24) is 29.3 Å². The Labute approximate surface area is 242 Å². The largest absolute Gasteiger partial charge is 0.491 e. The maximum atomic E-state index is 13.9. The monoisotopic (exact) mass is 604 g/mol. The first-order valence-electron chi connectivity index (χ1n) is 13.4. The fourth-order valence-electron chi connectivity index (χ4n) is 5.69. The number of hydrogen-bond acceptors (Lipinski definition) is 7. The molecule has 2 aliphatic heterocycles. The van der Waals surface area contributed by atoms with Crippen LogP contribution in [-0.4, -0.2) is 74.4 Å². The molecule has 1 saturated carbocycles. The molecule has 0 saturated heterocycles. The molecular formula is C28H28F4N6O5. The summed E-state index contributed by atoms with van der Waals surface area (Å²) in [5.74, 6) is -5.83. The second-order valence-corrected chi connectivity index (χ2v) is 11.0. The van der Waals surface area contributed by atoms with Gasteiger partial charge in [0, 0.05) is 46.0 Å². The van der Waals surface area contributed by atoms with Crippen LogP contribution < -0.4 is 10.3 Å². The lowest BCUT2D eigenvalue weighted by Gasteiger charge is -2.43. The molecule has 2 bridgehead atoms. The van der Waals surface area contributed by atoms with Gasteiger partial charge in [-0.05, 0) is 49.3 Å². The van der Waals surface area contributed by atoms with Crippen LogP contribution >= 0.6 is 0 Å². The Morgan fingerprint density at radius 2 is 1.74 bits per heavy atom. The molecule has 0 radical (unpaired) electrons. The van der Waals surface area contributed by atoms with Crippen molar-refractivity contribution >= 4 is 17.8 Å². The fourth-order valence-corrected chi connectivity index (χ4v) is 5.69. The van der Waals surface area contributed by atoms with Crippen molar-refractivity contribution in [2.45, 2.75) is 50.4 Å². The number of esters is 1. The lowest BCUT2D eigenvalue weighted by Crippen LogP contribution is -2.54. The van der Waals surface area contributed by atoms with E-state index >= 15 is 0 Å². The Balaban J connectivity index is 1.67. The summed E-state index contributed by atoms with van der Waals surface area (Å²) < 4.78 is 59.0. The van der Waals surface area contributed by atoms with E-state index in [1.807, 2.05) is 0 Å². The number of carbonyl (C=O) groups is 3. The van der Waals surface area contributed by atoms with E-state index in [2.05, 4.69) is 19.7 Å². The molecule has 0 unspecified atom stereocenters. The van der Waals surface area contributed by atoms with Crippen molar-refractivity contribution in [3.05, 3.63) is 63.7 Å². The summed E-state index contributed by atoms with van der Waals surface area (Å²) in [5, 5.41) is 0. The number of hydrogen-bond donors (Lipinski definition) is 1. The molecule has 0 spiro atoms. The second kappa shape index (κ2) is 10.9. The lowest BCUT2D eigenvalue weighted by atomic mass is 9.76. The quantitative estimate of drug-likeness (QED) is 0.269. The van der Waals surface area contributed by atoms with Crippen molar-refractivity contribution in [3.8, 4) is 17.3 Å². The maximum absolute atomic E-state index is 13.9. The summed E-state index contributed by atoms with van der Waals surface area (Å²) in [6.45, 7) is 0.0669. The van der Waals surface area contributed by atoms with E-state index in [9.17, 15) is 36.7 Å². The Hall–Kier alpha value is -4.56. The summed E-state index contributed by atoms with van der Waals surface area (Å²) in [7, 11) is 4.27. The van der Waals surface area contributed by atoms with E-state index in [1.54, 1.807) is 12.1 Å². The predicted octanol–water partition coefficient (Wildman–Crippen LogP) is 2.78. The third-order valence-electron chi connectivity index (χ3n) is 8.04. The summed E-state index contributed by atoms with van der Waals surface area (Å²) in [6, 6.07) is 5.62. The Bertz CT molecular complexity index is 1640. The number of aromatic nitrogens is 4. The second-order valence-electron chi connectivity index (χ2n) is 11.0. The van der Waals surface area contributed by atoms with E-state index in [1.165, 1.54) is 44.4 Å². The zero-order valence-corrected chi connectivity index (χ0v) is 23.5. The number of aromatic amines is 1. The predicted molar refractivity (Wildman–Crippen MR) is 142 cm³/mol. The molecule has 4 heterocycles. The topological polar surface area (TPSA) is 130 Å². The minimum absolute atomic E-state index is 0.0539. The molecule has 3 aliphatic rings. The number of nitrogens with zero attached hydrogens (tertiary/aromatic N) is 5. The molecule has 1 fully saturated rings. The van der Waals surface area contributed by atoms with Gasteiger partial charge in [-0.1, -0.05) is 12.1 Å². The number of rotatable bonds is 5. The van der Waals surface area contributed by atoms with Gasteiger partial charge in [-0.15, -0.1) is 0 Å². The first kappa shape index (κ1) is 29.9. The molecular weight excluding hydrogens is 576 g/mol. The van der Waals surface area contributed by atoms with Crippen LogP contribution in [0.3, 0.4) is 0 Å². The van der Waals surface area contributed by atoms with Crippen molar-refractivity contribution in [2.75, 3.05) is 21.1 Å². The highest BCUT2D eigenvalue weighted by molar-refractivity contribution is 6.34. The summed E-state index contributed by atoms with van der Waals surface area (Å²) >= 11 is 0. The van der Waals surface area contributed by atoms with Gasteiger partial charge in [0.05, 0.1) is 0 Å². The SMILES string of the molecule is CN(C)C(=O)C(=O)N(C)C12CCC(CC1)Cn1c2nc(-c2ncc(Cc3ccc(F)cc3)[nH]2)c(OC(=O)C(F)(F)F)c1=O. The third-order valence-corrected chi connectivity index (χ3v) is 8.04. The molecule has 6 rings (SSSR count). The highest BCUT2D eigenvalue weighted by Gasteiger charge is 2.51. The van der Waals surface area contributed by atoms with Crippen LogP contribution in [0.25, 0.3) is 11.5 Å². The van der Waals surface area contributed by atoms with Crippen LogP contribution in [0.1, 0.15) is 42.8 Å². The van der Waals surface area contributed by atoms with Crippen LogP contribution in [0, 0.1) is 11.7 Å². The lowest BCUT2D eigenvalue weighted by molar-refractivity contribution is -0.189. The molecule has 15 heteroatoms. The van der Waals surface area contributed by atoms with Gasteiger partial charge < -0.3 is 19.5 Å². The average Bonchev–Trinajstić information content (AvgIpc) is 3.29. The number of likely N-dealkylation sites (N-methyl/N-ethyl adjacent to an activating group) is 2. The summed E-state index contributed by atoms with van der Waals surface area (Å²) in [5.41, 5.74) is -1.61. The number of nitrogens with one attached hydrogen (secondary N) is 1. The molecule has 1 N–H and O–H groups in total. The molecule has 43 heavy (non-hydrogen) atoms. The molecule has 1 aliphatic carbocycles. The van der Waals surface area contributed by atoms with Gasteiger partial charge in [0.25, 0.3) is 5.56 Å². The molecule has 2 amide bonds.